The van der Waals surface area contributed by atoms with Crippen LogP contribution in [0.1, 0.15) is 35.0 Å². The predicted octanol–water partition coefficient (Wildman–Crippen LogP) is 4.27. The number of halogens is 3. The Kier molecular flexibility index (Phi) is 4.80. The van der Waals surface area contributed by atoms with Crippen molar-refractivity contribution in [3.05, 3.63) is 59.4 Å². The first-order valence-electron chi connectivity index (χ1n) is 6.74. The van der Waals surface area contributed by atoms with Gasteiger partial charge < -0.3 is 4.74 Å². The highest BCUT2D eigenvalue weighted by Gasteiger charge is 2.32. The summed E-state index contributed by atoms with van der Waals surface area (Å²) < 4.78 is 42.1. The van der Waals surface area contributed by atoms with Gasteiger partial charge in [0.05, 0.1) is 11.8 Å². The summed E-state index contributed by atoms with van der Waals surface area (Å²) in [6.07, 6.45) is -1.72. The molecule has 0 saturated carbocycles. The molecular formula is C16H14F3NO2. The normalized spacial score (nSPS) is 11.3. The molecule has 2 aromatic rings. The van der Waals surface area contributed by atoms with Gasteiger partial charge in [-0.15, -0.1) is 0 Å². The van der Waals surface area contributed by atoms with Gasteiger partial charge in [-0.25, -0.2) is 9.78 Å². The van der Waals surface area contributed by atoms with Crippen molar-refractivity contribution in [2.75, 3.05) is 0 Å². The first-order valence-corrected chi connectivity index (χ1v) is 6.74. The Hall–Kier alpha value is -2.37. The Morgan fingerprint density at radius 2 is 1.82 bits per heavy atom. The van der Waals surface area contributed by atoms with Crippen LogP contribution < -0.4 is 4.74 Å². The van der Waals surface area contributed by atoms with Crippen molar-refractivity contribution in [2.24, 2.45) is 0 Å². The summed E-state index contributed by atoms with van der Waals surface area (Å²) in [5.41, 5.74) is 0.409. The first kappa shape index (κ1) is 16.0. The minimum Gasteiger partial charge on any atom is -0.421 e. The lowest BCUT2D eigenvalue weighted by Crippen LogP contribution is -2.10. The van der Waals surface area contributed by atoms with E-state index < -0.39 is 17.8 Å². The third-order valence-corrected chi connectivity index (χ3v) is 2.97. The molecule has 0 N–H and O–H groups in total. The Labute approximate surface area is 125 Å². The van der Waals surface area contributed by atoms with E-state index >= 15 is 0 Å². The van der Waals surface area contributed by atoms with Gasteiger partial charge >= 0.3 is 12.1 Å². The van der Waals surface area contributed by atoms with Crippen molar-refractivity contribution in [2.45, 2.75) is 25.9 Å². The Bertz CT molecular complexity index is 634. The number of aryl methyl sites for hydroxylation is 1. The average Bonchev–Trinajstić information content (AvgIpc) is 2.48. The number of benzene rings is 1. The number of alkyl halides is 3. The molecule has 0 amide bonds. The predicted molar refractivity (Wildman–Crippen MR) is 74.6 cm³/mol. The van der Waals surface area contributed by atoms with Crippen LogP contribution in [-0.4, -0.2) is 11.0 Å². The summed E-state index contributed by atoms with van der Waals surface area (Å²) >= 11 is 0. The molecule has 0 radical (unpaired) electrons. The summed E-state index contributed by atoms with van der Waals surface area (Å²) in [4.78, 5) is 15.1. The van der Waals surface area contributed by atoms with Crippen molar-refractivity contribution in [3.8, 4) is 5.75 Å². The van der Waals surface area contributed by atoms with Gasteiger partial charge in [-0.3, -0.25) is 0 Å². The van der Waals surface area contributed by atoms with Crippen LogP contribution in [0.5, 0.6) is 5.75 Å². The summed E-state index contributed by atoms with van der Waals surface area (Å²) in [7, 11) is 0. The van der Waals surface area contributed by atoms with Gasteiger partial charge in [0.2, 0.25) is 0 Å². The van der Waals surface area contributed by atoms with Gasteiger partial charge in [-0.2, -0.15) is 13.2 Å². The third-order valence-electron chi connectivity index (χ3n) is 2.97. The van der Waals surface area contributed by atoms with E-state index in [0.29, 0.717) is 5.56 Å². The number of aromatic nitrogens is 1. The van der Waals surface area contributed by atoms with Gasteiger partial charge in [-0.1, -0.05) is 25.5 Å². The molecule has 1 aromatic heterocycles. The summed E-state index contributed by atoms with van der Waals surface area (Å²) in [6.45, 7) is 2.06. The van der Waals surface area contributed by atoms with E-state index in [4.69, 9.17) is 4.74 Å². The van der Waals surface area contributed by atoms with Gasteiger partial charge in [0.25, 0.3) is 0 Å². The molecule has 0 aliphatic carbocycles. The molecule has 0 unspecified atom stereocenters. The van der Waals surface area contributed by atoms with E-state index in [1.807, 2.05) is 12.1 Å². The fraction of sp³-hybridized carbons (Fsp3) is 0.250. The molecular weight excluding hydrogens is 295 g/mol. The quantitative estimate of drug-likeness (QED) is 0.792. The lowest BCUT2D eigenvalue weighted by atomic mass is 10.1. The summed E-state index contributed by atoms with van der Waals surface area (Å²) in [5, 5.41) is 0. The molecule has 22 heavy (non-hydrogen) atoms. The molecule has 0 aliphatic rings. The zero-order valence-electron chi connectivity index (χ0n) is 11.9. The lowest BCUT2D eigenvalue weighted by Gasteiger charge is -2.07. The van der Waals surface area contributed by atoms with Crippen LogP contribution in [0.2, 0.25) is 0 Å². The third kappa shape index (κ3) is 4.07. The number of rotatable bonds is 4. The van der Waals surface area contributed by atoms with Crippen LogP contribution in [0, 0.1) is 0 Å². The van der Waals surface area contributed by atoms with E-state index in [2.05, 4.69) is 11.9 Å². The fourth-order valence-corrected chi connectivity index (χ4v) is 1.87. The molecule has 1 heterocycles. The minimum absolute atomic E-state index is 0.0318. The molecule has 2 rings (SSSR count). The zero-order valence-corrected chi connectivity index (χ0v) is 11.9. The van der Waals surface area contributed by atoms with Gasteiger partial charge in [-0.05, 0) is 36.2 Å². The Balaban J connectivity index is 2.05. The Morgan fingerprint density at radius 3 is 2.32 bits per heavy atom. The lowest BCUT2D eigenvalue weighted by molar-refractivity contribution is -0.141. The van der Waals surface area contributed by atoms with Crippen LogP contribution in [0.25, 0.3) is 0 Å². The van der Waals surface area contributed by atoms with Crippen LogP contribution >= 0.6 is 0 Å². The molecule has 0 aliphatic heterocycles. The number of pyridine rings is 1. The second-order valence-corrected chi connectivity index (χ2v) is 4.71. The van der Waals surface area contributed by atoms with Crippen LogP contribution in [0.15, 0.2) is 42.6 Å². The number of esters is 1. The molecule has 116 valence electrons. The topological polar surface area (TPSA) is 39.2 Å². The maximum atomic E-state index is 12.4. The van der Waals surface area contributed by atoms with Gasteiger partial charge in [0, 0.05) is 0 Å². The number of hydrogen-bond donors (Lipinski definition) is 0. The number of ether oxygens (including phenoxy) is 1. The second-order valence-electron chi connectivity index (χ2n) is 4.71. The monoisotopic (exact) mass is 309 g/mol. The smallest absolute Gasteiger partial charge is 0.421 e. The van der Waals surface area contributed by atoms with Crippen molar-refractivity contribution >= 4 is 5.97 Å². The molecule has 6 heteroatoms. The van der Waals surface area contributed by atoms with E-state index in [1.165, 1.54) is 0 Å². The zero-order chi connectivity index (χ0) is 16.2. The first-order chi connectivity index (χ1) is 10.4. The van der Waals surface area contributed by atoms with Crippen molar-refractivity contribution < 1.29 is 22.7 Å². The highest BCUT2D eigenvalue weighted by atomic mass is 19.4. The Morgan fingerprint density at radius 1 is 1.14 bits per heavy atom. The van der Waals surface area contributed by atoms with Crippen molar-refractivity contribution in [1.82, 2.24) is 4.98 Å². The number of nitrogens with zero attached hydrogens (tertiary/aromatic N) is 1. The van der Waals surface area contributed by atoms with Crippen molar-refractivity contribution in [1.29, 1.82) is 0 Å². The molecule has 0 atom stereocenters. The maximum Gasteiger partial charge on any atom is 0.433 e. The molecule has 0 spiro atoms. The van der Waals surface area contributed by atoms with E-state index in [9.17, 15) is 18.0 Å². The average molecular weight is 309 g/mol. The van der Waals surface area contributed by atoms with E-state index in [-0.39, 0.29) is 5.75 Å². The van der Waals surface area contributed by atoms with E-state index in [0.717, 1.165) is 36.7 Å². The summed E-state index contributed by atoms with van der Waals surface area (Å²) in [6, 6.07) is 8.75. The fourth-order valence-electron chi connectivity index (χ4n) is 1.87. The van der Waals surface area contributed by atoms with Crippen LogP contribution in [0.4, 0.5) is 13.2 Å². The highest BCUT2D eigenvalue weighted by Crippen LogP contribution is 2.28. The summed E-state index contributed by atoms with van der Waals surface area (Å²) in [5.74, 6) is -0.666. The van der Waals surface area contributed by atoms with E-state index in [1.54, 1.807) is 12.1 Å². The number of carbonyl (C=O) groups excluding carboxylic acids is 1. The molecule has 1 aromatic carbocycles. The number of hydrogen-bond acceptors (Lipinski definition) is 3. The maximum absolute atomic E-state index is 12.4. The van der Waals surface area contributed by atoms with Crippen molar-refractivity contribution in [3.63, 3.8) is 0 Å². The number of carbonyl (C=O) groups is 1. The largest absolute Gasteiger partial charge is 0.433 e. The minimum atomic E-state index is -4.52. The standard InChI is InChI=1S/C16H14F3NO2/c1-2-3-11-4-6-12(7-5-11)15(21)22-13-8-9-14(20-10-13)16(17,18)19/h4-10H,2-3H2,1H3. The highest BCUT2D eigenvalue weighted by molar-refractivity contribution is 5.91. The second kappa shape index (κ2) is 6.60. The SMILES string of the molecule is CCCc1ccc(C(=O)Oc2ccc(C(F)(F)F)nc2)cc1. The molecule has 3 nitrogen and oxygen atoms in total. The van der Waals surface area contributed by atoms with Gasteiger partial charge in [0.15, 0.2) is 0 Å². The van der Waals surface area contributed by atoms with Gasteiger partial charge in [0.1, 0.15) is 11.4 Å². The van der Waals surface area contributed by atoms with Crippen LogP contribution in [0.3, 0.4) is 0 Å². The molecule has 0 saturated heterocycles. The van der Waals surface area contributed by atoms with Crippen LogP contribution in [-0.2, 0) is 12.6 Å². The molecule has 0 bridgehead atoms. The molecule has 0 fully saturated rings.